The summed E-state index contributed by atoms with van der Waals surface area (Å²) in [5.41, 5.74) is -0.397. The van der Waals surface area contributed by atoms with E-state index in [1.54, 1.807) is 19.0 Å². The summed E-state index contributed by atoms with van der Waals surface area (Å²) in [6.45, 7) is 1.97. The molecule has 3 rings (SSSR count). The van der Waals surface area contributed by atoms with Crippen molar-refractivity contribution in [2.75, 3.05) is 19.0 Å². The van der Waals surface area contributed by atoms with Gasteiger partial charge in [0.1, 0.15) is 16.9 Å². The molecule has 2 heterocycles. The van der Waals surface area contributed by atoms with Gasteiger partial charge in [-0.05, 0) is 24.1 Å². The van der Waals surface area contributed by atoms with Crippen molar-refractivity contribution in [2.45, 2.75) is 38.8 Å². The summed E-state index contributed by atoms with van der Waals surface area (Å²) in [5.74, 6) is -4.04. The SMILES string of the molecule is CC[C@@H](c1ccc(C(C)(F)F)c(F)c1)n1nc(CO)c2c(=O)[nH]c(N(C)C)nc21. The summed E-state index contributed by atoms with van der Waals surface area (Å²) in [6.07, 6.45) is 0.425. The van der Waals surface area contributed by atoms with Crippen LogP contribution in [-0.2, 0) is 12.5 Å². The lowest BCUT2D eigenvalue weighted by Gasteiger charge is -2.19. The molecule has 10 heteroatoms. The van der Waals surface area contributed by atoms with Crippen LogP contribution in [0.3, 0.4) is 0 Å². The fraction of sp³-hybridized carbons (Fsp3) is 0.421. The van der Waals surface area contributed by atoms with Crippen LogP contribution >= 0.6 is 0 Å². The molecule has 0 saturated heterocycles. The van der Waals surface area contributed by atoms with E-state index in [0.717, 1.165) is 12.1 Å². The normalized spacial score (nSPS) is 13.1. The van der Waals surface area contributed by atoms with Crippen molar-refractivity contribution in [1.82, 2.24) is 19.7 Å². The molecular weight excluding hydrogens is 387 g/mol. The van der Waals surface area contributed by atoms with E-state index < -0.39 is 35.5 Å². The van der Waals surface area contributed by atoms with Gasteiger partial charge in [0, 0.05) is 21.0 Å². The smallest absolute Gasteiger partial charge is 0.273 e. The van der Waals surface area contributed by atoms with Crippen molar-refractivity contribution in [2.24, 2.45) is 0 Å². The van der Waals surface area contributed by atoms with Crippen LogP contribution in [0.2, 0.25) is 0 Å². The maximum atomic E-state index is 14.4. The number of nitrogens with zero attached hydrogens (tertiary/aromatic N) is 4. The lowest BCUT2D eigenvalue weighted by Crippen LogP contribution is -2.20. The first-order valence-electron chi connectivity index (χ1n) is 9.05. The van der Waals surface area contributed by atoms with E-state index in [1.807, 2.05) is 6.92 Å². The molecule has 0 saturated carbocycles. The zero-order chi connectivity index (χ0) is 21.5. The number of alkyl halides is 2. The molecule has 0 aliphatic carbocycles. The van der Waals surface area contributed by atoms with E-state index >= 15 is 0 Å². The van der Waals surface area contributed by atoms with Crippen molar-refractivity contribution in [3.8, 4) is 0 Å². The van der Waals surface area contributed by atoms with Gasteiger partial charge in [0.25, 0.3) is 11.5 Å². The third kappa shape index (κ3) is 3.71. The zero-order valence-corrected chi connectivity index (χ0v) is 16.5. The molecule has 0 fully saturated rings. The number of aliphatic hydroxyl groups excluding tert-OH is 1. The Labute approximate surface area is 164 Å². The molecule has 29 heavy (non-hydrogen) atoms. The van der Waals surface area contributed by atoms with Gasteiger partial charge < -0.3 is 10.0 Å². The number of aromatic amines is 1. The van der Waals surface area contributed by atoms with E-state index in [0.29, 0.717) is 18.9 Å². The van der Waals surface area contributed by atoms with Crippen molar-refractivity contribution >= 4 is 17.0 Å². The highest BCUT2D eigenvalue weighted by atomic mass is 19.3. The fourth-order valence-corrected chi connectivity index (χ4v) is 3.29. The molecule has 7 nitrogen and oxygen atoms in total. The van der Waals surface area contributed by atoms with Gasteiger partial charge in [-0.25, -0.2) is 17.9 Å². The Morgan fingerprint density at radius 1 is 1.34 bits per heavy atom. The van der Waals surface area contributed by atoms with E-state index in [1.165, 1.54) is 10.7 Å². The van der Waals surface area contributed by atoms with E-state index in [4.69, 9.17) is 0 Å². The quantitative estimate of drug-likeness (QED) is 0.654. The van der Waals surface area contributed by atoms with Crippen LogP contribution in [0.1, 0.15) is 43.1 Å². The summed E-state index contributed by atoms with van der Waals surface area (Å²) < 4.78 is 42.9. The minimum absolute atomic E-state index is 0.133. The molecule has 156 valence electrons. The third-order valence-electron chi connectivity index (χ3n) is 4.73. The van der Waals surface area contributed by atoms with Crippen LogP contribution in [0.5, 0.6) is 0 Å². The van der Waals surface area contributed by atoms with Gasteiger partial charge >= 0.3 is 0 Å². The Morgan fingerprint density at radius 3 is 2.55 bits per heavy atom. The van der Waals surface area contributed by atoms with Gasteiger partial charge in [-0.1, -0.05) is 13.0 Å². The Bertz CT molecular complexity index is 1100. The zero-order valence-electron chi connectivity index (χ0n) is 16.5. The first-order valence-corrected chi connectivity index (χ1v) is 9.05. The first kappa shape index (κ1) is 20.8. The fourth-order valence-electron chi connectivity index (χ4n) is 3.29. The molecule has 1 aromatic carbocycles. The predicted molar refractivity (Wildman–Crippen MR) is 103 cm³/mol. The molecule has 0 radical (unpaired) electrons. The number of aromatic nitrogens is 4. The maximum absolute atomic E-state index is 14.4. The summed E-state index contributed by atoms with van der Waals surface area (Å²) >= 11 is 0. The van der Waals surface area contributed by atoms with Crippen LogP contribution in [-0.4, -0.2) is 39.0 Å². The van der Waals surface area contributed by atoms with Gasteiger partial charge in [0.15, 0.2) is 5.65 Å². The summed E-state index contributed by atoms with van der Waals surface area (Å²) in [7, 11) is 3.40. The molecule has 1 atom stereocenters. The van der Waals surface area contributed by atoms with Crippen molar-refractivity contribution in [3.63, 3.8) is 0 Å². The number of hydrogen-bond acceptors (Lipinski definition) is 5. The number of rotatable bonds is 6. The van der Waals surface area contributed by atoms with Crippen LogP contribution in [0.4, 0.5) is 19.1 Å². The van der Waals surface area contributed by atoms with E-state index in [2.05, 4.69) is 15.1 Å². The number of fused-ring (bicyclic) bond motifs is 1. The van der Waals surface area contributed by atoms with Crippen molar-refractivity contribution in [1.29, 1.82) is 0 Å². The Kier molecular flexibility index (Phi) is 5.40. The molecule has 2 N–H and O–H groups in total. The largest absolute Gasteiger partial charge is 0.390 e. The highest BCUT2D eigenvalue weighted by molar-refractivity contribution is 5.78. The molecular formula is C19H22F3N5O2. The van der Waals surface area contributed by atoms with Crippen LogP contribution in [0.25, 0.3) is 11.0 Å². The minimum atomic E-state index is -3.30. The second-order valence-corrected chi connectivity index (χ2v) is 7.08. The number of anilines is 1. The summed E-state index contributed by atoms with van der Waals surface area (Å²) in [5, 5.41) is 14.1. The number of benzene rings is 1. The summed E-state index contributed by atoms with van der Waals surface area (Å²) in [4.78, 5) is 21.2. The number of hydrogen-bond donors (Lipinski definition) is 2. The molecule has 0 unspecified atom stereocenters. The molecule has 0 bridgehead atoms. The standard InChI is InChI=1S/C19H22F3N5O2/c1-5-14(10-6-7-11(12(20)8-10)19(2,21)22)27-16-15(13(9-28)25-27)17(29)24-18(23-16)26(3)4/h6-8,14,28H,5,9H2,1-4H3,(H,23,24,29)/t14-/m0/s1. The first-order chi connectivity index (χ1) is 13.6. The topological polar surface area (TPSA) is 87.0 Å². The third-order valence-corrected chi connectivity index (χ3v) is 4.73. The highest BCUT2D eigenvalue weighted by Crippen LogP contribution is 2.33. The monoisotopic (exact) mass is 409 g/mol. The van der Waals surface area contributed by atoms with Crippen molar-refractivity contribution < 1.29 is 18.3 Å². The van der Waals surface area contributed by atoms with Gasteiger partial charge in [-0.2, -0.15) is 10.1 Å². The lowest BCUT2D eigenvalue weighted by molar-refractivity contribution is 0.0137. The Morgan fingerprint density at radius 2 is 2.03 bits per heavy atom. The lowest BCUT2D eigenvalue weighted by atomic mass is 10.0. The minimum Gasteiger partial charge on any atom is -0.390 e. The molecule has 3 aromatic rings. The Balaban J connectivity index is 2.22. The average molecular weight is 409 g/mol. The van der Waals surface area contributed by atoms with Crippen molar-refractivity contribution in [3.05, 3.63) is 51.2 Å². The number of H-pyrrole nitrogens is 1. The number of aliphatic hydroxyl groups is 1. The number of halogens is 3. The predicted octanol–water partition coefficient (Wildman–Crippen LogP) is 2.93. The summed E-state index contributed by atoms with van der Waals surface area (Å²) in [6, 6.07) is 2.94. The average Bonchev–Trinajstić information content (AvgIpc) is 3.00. The van der Waals surface area contributed by atoms with Crippen LogP contribution in [0.15, 0.2) is 23.0 Å². The second-order valence-electron chi connectivity index (χ2n) is 7.08. The maximum Gasteiger partial charge on any atom is 0.273 e. The Hall–Kier alpha value is -2.88. The van der Waals surface area contributed by atoms with E-state index in [-0.39, 0.29) is 22.7 Å². The van der Waals surface area contributed by atoms with Gasteiger partial charge in [0.2, 0.25) is 5.95 Å². The van der Waals surface area contributed by atoms with Gasteiger partial charge in [-0.3, -0.25) is 9.78 Å². The molecule has 0 aliphatic rings. The van der Waals surface area contributed by atoms with Crippen LogP contribution < -0.4 is 10.5 Å². The highest BCUT2D eigenvalue weighted by Gasteiger charge is 2.29. The van der Waals surface area contributed by atoms with E-state index in [9.17, 15) is 23.1 Å². The van der Waals surface area contributed by atoms with Crippen LogP contribution in [0, 0.1) is 5.82 Å². The molecule has 0 amide bonds. The molecule has 0 aliphatic heterocycles. The number of nitrogens with one attached hydrogen (secondary N) is 1. The second kappa shape index (κ2) is 7.51. The molecule has 0 spiro atoms. The van der Waals surface area contributed by atoms with Gasteiger partial charge in [-0.15, -0.1) is 0 Å². The van der Waals surface area contributed by atoms with Gasteiger partial charge in [0.05, 0.1) is 18.2 Å². The molecule has 2 aromatic heterocycles.